The number of carbonyl (C=O) groups is 2. The maximum absolute atomic E-state index is 10.0. The fourth-order valence-corrected chi connectivity index (χ4v) is 0.535. The van der Waals surface area contributed by atoms with Gasteiger partial charge >= 0.3 is 11.9 Å². The Bertz CT molecular complexity index is 163. The summed E-state index contributed by atoms with van der Waals surface area (Å²) in [6.45, 7) is 0. The molecule has 0 aromatic rings. The predicted molar refractivity (Wildman–Crippen MR) is 55.0 cm³/mol. The van der Waals surface area contributed by atoms with Crippen LogP contribution >= 0.6 is 46.4 Å². The third-order valence-corrected chi connectivity index (χ3v) is 1.47. The molecule has 0 saturated heterocycles. The van der Waals surface area contributed by atoms with Crippen LogP contribution < -0.4 is 0 Å². The highest BCUT2D eigenvalue weighted by atomic mass is 35.5. The van der Waals surface area contributed by atoms with Crippen molar-refractivity contribution in [1.82, 2.24) is 0 Å². The minimum Gasteiger partial charge on any atom is -0.467 e. The van der Waals surface area contributed by atoms with Gasteiger partial charge in [-0.2, -0.15) is 0 Å². The molecule has 0 aromatic heterocycles. The Morgan fingerprint density at radius 2 is 1.07 bits per heavy atom. The topological polar surface area (TPSA) is 52.6 Å². The number of rotatable bonds is 2. The zero-order chi connectivity index (χ0) is 11.7. The van der Waals surface area contributed by atoms with Gasteiger partial charge in [0.1, 0.15) is 0 Å². The Balaban J connectivity index is 0. The van der Waals surface area contributed by atoms with Gasteiger partial charge in [-0.25, -0.2) is 9.59 Å². The average molecular weight is 286 g/mol. The molecule has 14 heavy (non-hydrogen) atoms. The van der Waals surface area contributed by atoms with Gasteiger partial charge in [0.15, 0.2) is 0 Å². The van der Waals surface area contributed by atoms with E-state index in [4.69, 9.17) is 46.4 Å². The van der Waals surface area contributed by atoms with Crippen LogP contribution in [0, 0.1) is 0 Å². The van der Waals surface area contributed by atoms with E-state index in [2.05, 4.69) is 9.47 Å². The zero-order valence-electron chi connectivity index (χ0n) is 7.30. The number of halogens is 4. The molecule has 0 amide bonds. The first-order valence-electron chi connectivity index (χ1n) is 3.08. The van der Waals surface area contributed by atoms with Gasteiger partial charge in [-0.05, 0) is 0 Å². The van der Waals surface area contributed by atoms with Crippen molar-refractivity contribution in [3.8, 4) is 0 Å². The normalized spacial score (nSPS) is 9.14. The second-order valence-electron chi connectivity index (χ2n) is 1.65. The molecule has 0 radical (unpaired) electrons. The molecule has 0 heterocycles. The number of esters is 2. The Morgan fingerprint density at radius 1 is 0.857 bits per heavy atom. The van der Waals surface area contributed by atoms with E-state index in [0.29, 0.717) is 0 Å². The van der Waals surface area contributed by atoms with E-state index in [1.165, 1.54) is 14.2 Å². The molecule has 8 heteroatoms. The van der Waals surface area contributed by atoms with Crippen molar-refractivity contribution < 1.29 is 19.1 Å². The van der Waals surface area contributed by atoms with Gasteiger partial charge in [0.05, 0.1) is 14.2 Å². The molecule has 84 valence electrons. The molecule has 0 atom stereocenters. The standard InChI is InChI=1S/2C3H4Cl2O2/c2*1-7-3(6)2(4)5/h2*2H,1H3. The SMILES string of the molecule is COC(=O)C(Cl)Cl.COC(=O)C(Cl)Cl. The molecule has 4 nitrogen and oxygen atoms in total. The van der Waals surface area contributed by atoms with E-state index in [-0.39, 0.29) is 0 Å². The van der Waals surface area contributed by atoms with Crippen LogP contribution in [0.25, 0.3) is 0 Å². The van der Waals surface area contributed by atoms with Crippen molar-refractivity contribution in [2.45, 2.75) is 9.67 Å². The first-order valence-corrected chi connectivity index (χ1v) is 4.83. The highest BCUT2D eigenvalue weighted by molar-refractivity contribution is 6.53. The van der Waals surface area contributed by atoms with E-state index >= 15 is 0 Å². The van der Waals surface area contributed by atoms with Crippen molar-refractivity contribution in [3.63, 3.8) is 0 Å². The van der Waals surface area contributed by atoms with E-state index < -0.39 is 21.6 Å². The van der Waals surface area contributed by atoms with Crippen molar-refractivity contribution in [2.75, 3.05) is 14.2 Å². The lowest BCUT2D eigenvalue weighted by molar-refractivity contribution is -0.139. The summed E-state index contributed by atoms with van der Waals surface area (Å²) in [4.78, 5) is 17.9. The number of carbonyl (C=O) groups excluding carboxylic acids is 2. The summed E-state index contributed by atoms with van der Waals surface area (Å²) in [6, 6.07) is 0. The molecular formula is C6H8Cl4O4. The van der Waals surface area contributed by atoms with Crippen molar-refractivity contribution in [1.29, 1.82) is 0 Å². The molecule has 0 aliphatic rings. The molecule has 0 rings (SSSR count). The van der Waals surface area contributed by atoms with Gasteiger partial charge < -0.3 is 9.47 Å². The quantitative estimate of drug-likeness (QED) is 0.575. The van der Waals surface area contributed by atoms with Crippen LogP contribution in [-0.2, 0) is 19.1 Å². The molecule has 0 fully saturated rings. The Morgan fingerprint density at radius 3 is 1.07 bits per heavy atom. The van der Waals surface area contributed by atoms with Crippen molar-refractivity contribution in [3.05, 3.63) is 0 Å². The first kappa shape index (κ1) is 16.5. The number of methoxy groups -OCH3 is 2. The van der Waals surface area contributed by atoms with Crippen molar-refractivity contribution >= 4 is 58.3 Å². The third-order valence-electron chi connectivity index (χ3n) is 0.759. The van der Waals surface area contributed by atoms with Crippen LogP contribution in [0.3, 0.4) is 0 Å². The number of hydrogen-bond acceptors (Lipinski definition) is 4. The lowest BCUT2D eigenvalue weighted by Crippen LogP contribution is -2.08. The number of ether oxygens (including phenoxy) is 2. The monoisotopic (exact) mass is 284 g/mol. The minimum absolute atomic E-state index is 0.622. The molecule has 0 bridgehead atoms. The smallest absolute Gasteiger partial charge is 0.339 e. The fourth-order valence-electron chi connectivity index (χ4n) is 0.178. The number of alkyl halides is 4. The lowest BCUT2D eigenvalue weighted by Gasteiger charge is -1.93. The Labute approximate surface area is 101 Å². The van der Waals surface area contributed by atoms with Crippen LogP contribution in [-0.4, -0.2) is 35.8 Å². The minimum atomic E-state index is -1.05. The predicted octanol–water partition coefficient (Wildman–Crippen LogP) is 1.93. The van der Waals surface area contributed by atoms with Crippen LogP contribution in [0.15, 0.2) is 0 Å². The summed E-state index contributed by atoms with van der Waals surface area (Å²) >= 11 is 20.1. The van der Waals surface area contributed by atoms with Crippen LogP contribution in [0.4, 0.5) is 0 Å². The maximum atomic E-state index is 10.0. The third kappa shape index (κ3) is 10.2. The summed E-state index contributed by atoms with van der Waals surface area (Å²) in [5.74, 6) is -1.24. The van der Waals surface area contributed by atoms with Gasteiger partial charge in [-0.3, -0.25) is 0 Å². The van der Waals surface area contributed by atoms with E-state index in [9.17, 15) is 9.59 Å². The van der Waals surface area contributed by atoms with Gasteiger partial charge in [-0.15, -0.1) is 0 Å². The van der Waals surface area contributed by atoms with E-state index in [1.807, 2.05) is 0 Å². The van der Waals surface area contributed by atoms with E-state index in [1.54, 1.807) is 0 Å². The van der Waals surface area contributed by atoms with Crippen LogP contribution in [0.5, 0.6) is 0 Å². The van der Waals surface area contributed by atoms with Gasteiger partial charge in [0.2, 0.25) is 9.67 Å². The molecule has 0 N–H and O–H groups in total. The molecule has 0 aliphatic carbocycles. The molecule has 0 unspecified atom stereocenters. The maximum Gasteiger partial charge on any atom is 0.339 e. The summed E-state index contributed by atoms with van der Waals surface area (Å²) in [6.07, 6.45) is 0. The van der Waals surface area contributed by atoms with Gasteiger partial charge in [0, 0.05) is 0 Å². The first-order chi connectivity index (χ1) is 6.36. The molecule has 0 spiro atoms. The largest absolute Gasteiger partial charge is 0.467 e. The molecule has 0 aromatic carbocycles. The Hall–Kier alpha value is 0.1000. The highest BCUT2D eigenvalue weighted by Crippen LogP contribution is 2.02. The molecule has 0 saturated carbocycles. The van der Waals surface area contributed by atoms with Gasteiger partial charge in [0.25, 0.3) is 0 Å². The number of hydrogen-bond donors (Lipinski definition) is 0. The molecule has 0 aliphatic heterocycles. The fraction of sp³-hybridized carbons (Fsp3) is 0.667. The summed E-state index contributed by atoms with van der Waals surface area (Å²) in [7, 11) is 2.44. The van der Waals surface area contributed by atoms with Crippen molar-refractivity contribution in [2.24, 2.45) is 0 Å². The van der Waals surface area contributed by atoms with Gasteiger partial charge in [-0.1, -0.05) is 46.4 Å². The summed E-state index contributed by atoms with van der Waals surface area (Å²) < 4.78 is 8.22. The molecular weight excluding hydrogens is 278 g/mol. The Kier molecular flexibility index (Phi) is 11.4. The van der Waals surface area contributed by atoms with E-state index in [0.717, 1.165) is 0 Å². The second kappa shape index (κ2) is 9.65. The highest BCUT2D eigenvalue weighted by Gasteiger charge is 2.09. The average Bonchev–Trinajstić information content (AvgIpc) is 2.15. The summed E-state index contributed by atoms with van der Waals surface area (Å²) in [5, 5.41) is 0. The summed E-state index contributed by atoms with van der Waals surface area (Å²) in [5.41, 5.74) is 0. The van der Waals surface area contributed by atoms with Crippen LogP contribution in [0.2, 0.25) is 0 Å². The zero-order valence-corrected chi connectivity index (χ0v) is 10.3. The lowest BCUT2D eigenvalue weighted by atomic mass is 10.8. The second-order valence-corrected chi connectivity index (χ2v) is 3.84. The van der Waals surface area contributed by atoms with Crippen LogP contribution in [0.1, 0.15) is 0 Å².